The number of anilines is 1. The zero-order valence-corrected chi connectivity index (χ0v) is 16.4. The second-order valence-electron chi connectivity index (χ2n) is 5.15. The molecule has 0 spiro atoms. The maximum atomic E-state index is 11.8. The van der Waals surface area contributed by atoms with Crippen LogP contribution in [0.3, 0.4) is 0 Å². The van der Waals surface area contributed by atoms with E-state index in [1.165, 1.54) is 4.90 Å². The van der Waals surface area contributed by atoms with Gasteiger partial charge in [0.05, 0.1) is 5.69 Å². The Bertz CT molecular complexity index is 661. The number of nitrogens with zero attached hydrogens (tertiary/aromatic N) is 3. The average molecular weight is 481 g/mol. The molecule has 0 radical (unpaired) electrons. The molecule has 0 unspecified atom stereocenters. The minimum Gasteiger partial charge on any atom is -0.397 e. The lowest BCUT2D eigenvalue weighted by Crippen LogP contribution is -2.50. The van der Waals surface area contributed by atoms with Gasteiger partial charge in [0, 0.05) is 15.5 Å². The Hall–Kier alpha value is -1.92. The summed E-state index contributed by atoms with van der Waals surface area (Å²) in [5, 5.41) is 12.8. The number of guanidine groups is 1. The number of rotatable bonds is 8. The van der Waals surface area contributed by atoms with Crippen molar-refractivity contribution in [3.8, 4) is 0 Å². The molecule has 1 atom stereocenters. The first-order valence-electron chi connectivity index (χ1n) is 7.15. The Kier molecular flexibility index (Phi) is 8.06. The van der Waals surface area contributed by atoms with Crippen LogP contribution in [0.15, 0.2) is 26.2 Å². The molecule has 10 nitrogen and oxygen atoms in total. The van der Waals surface area contributed by atoms with Crippen molar-refractivity contribution >= 4 is 49.4 Å². The second-order valence-corrected chi connectivity index (χ2v) is 6.85. The number of carbonyl (C=O) groups is 1. The SMILES string of the molecule is NCCC[C@H](C(N)=O)N(Cc1cc(Br)c(N)c(Br)c1)C(N)=N[N+](=O)[O-]. The zero-order chi connectivity index (χ0) is 19.1. The first-order chi connectivity index (χ1) is 11.7. The predicted octanol–water partition coefficient (Wildman–Crippen LogP) is 0.695. The van der Waals surface area contributed by atoms with Crippen molar-refractivity contribution < 1.29 is 9.83 Å². The highest BCUT2D eigenvalue weighted by atomic mass is 79.9. The van der Waals surface area contributed by atoms with Gasteiger partial charge in [-0.1, -0.05) is 0 Å². The lowest BCUT2D eigenvalue weighted by atomic mass is 10.1. The highest BCUT2D eigenvalue weighted by molar-refractivity contribution is 9.11. The van der Waals surface area contributed by atoms with E-state index in [-0.39, 0.29) is 13.0 Å². The van der Waals surface area contributed by atoms with Crippen LogP contribution in [0.1, 0.15) is 18.4 Å². The average Bonchev–Trinajstić information content (AvgIpc) is 2.50. The normalized spacial score (nSPS) is 12.7. The van der Waals surface area contributed by atoms with Crippen LogP contribution in [0, 0.1) is 10.1 Å². The second kappa shape index (κ2) is 9.53. The van der Waals surface area contributed by atoms with E-state index in [0.29, 0.717) is 33.2 Å². The first kappa shape index (κ1) is 21.1. The van der Waals surface area contributed by atoms with Gasteiger partial charge in [-0.15, -0.1) is 0 Å². The molecule has 0 bridgehead atoms. The quantitative estimate of drug-likeness (QED) is 0.139. The number of nitrogens with two attached hydrogens (primary N) is 4. The van der Waals surface area contributed by atoms with Crippen molar-refractivity contribution in [3.63, 3.8) is 0 Å². The molecule has 1 amide bonds. The molecule has 138 valence electrons. The molecular formula is C13H19Br2N7O3. The first-order valence-corrected chi connectivity index (χ1v) is 8.73. The summed E-state index contributed by atoms with van der Waals surface area (Å²) < 4.78 is 1.25. The number of hydrogen-bond donors (Lipinski definition) is 4. The molecular weight excluding hydrogens is 462 g/mol. The van der Waals surface area contributed by atoms with Crippen molar-refractivity contribution in [2.75, 3.05) is 12.3 Å². The Morgan fingerprint density at radius 1 is 1.32 bits per heavy atom. The van der Waals surface area contributed by atoms with E-state index in [9.17, 15) is 14.9 Å². The minimum atomic E-state index is -0.932. The lowest BCUT2D eigenvalue weighted by molar-refractivity contribution is -0.485. The Morgan fingerprint density at radius 2 is 1.88 bits per heavy atom. The molecule has 1 aromatic carbocycles. The third kappa shape index (κ3) is 6.14. The Labute approximate surface area is 161 Å². The van der Waals surface area contributed by atoms with Crippen molar-refractivity contribution in [1.82, 2.24) is 4.90 Å². The van der Waals surface area contributed by atoms with Crippen LogP contribution in [0.5, 0.6) is 0 Å². The summed E-state index contributed by atoms with van der Waals surface area (Å²) in [7, 11) is 0. The van der Waals surface area contributed by atoms with E-state index >= 15 is 0 Å². The van der Waals surface area contributed by atoms with Crippen molar-refractivity contribution in [1.29, 1.82) is 0 Å². The monoisotopic (exact) mass is 479 g/mol. The van der Waals surface area contributed by atoms with Gasteiger partial charge >= 0.3 is 0 Å². The van der Waals surface area contributed by atoms with Crippen LogP contribution < -0.4 is 22.9 Å². The summed E-state index contributed by atoms with van der Waals surface area (Å²) in [6, 6.07) is 2.54. The van der Waals surface area contributed by atoms with E-state index in [4.69, 9.17) is 22.9 Å². The summed E-state index contributed by atoms with van der Waals surface area (Å²) in [5.74, 6) is -1.10. The third-order valence-electron chi connectivity index (χ3n) is 3.36. The van der Waals surface area contributed by atoms with Crippen molar-refractivity contribution in [3.05, 3.63) is 36.8 Å². The van der Waals surface area contributed by atoms with Crippen molar-refractivity contribution in [2.45, 2.75) is 25.4 Å². The number of carbonyl (C=O) groups excluding carboxylic acids is 1. The third-order valence-corrected chi connectivity index (χ3v) is 4.67. The number of hydrazone groups is 1. The Morgan fingerprint density at radius 3 is 2.32 bits per heavy atom. The molecule has 0 saturated carbocycles. The van der Waals surface area contributed by atoms with Gasteiger partial charge in [-0.25, -0.2) is 10.1 Å². The van der Waals surface area contributed by atoms with E-state index in [0.717, 1.165) is 0 Å². The van der Waals surface area contributed by atoms with Gasteiger partial charge in [0.2, 0.25) is 5.91 Å². The maximum absolute atomic E-state index is 11.8. The van der Waals surface area contributed by atoms with Gasteiger partial charge < -0.3 is 27.8 Å². The van der Waals surface area contributed by atoms with Gasteiger partial charge in [0.25, 0.3) is 5.96 Å². The van der Waals surface area contributed by atoms with E-state index in [1.807, 2.05) is 0 Å². The van der Waals surface area contributed by atoms with Crippen LogP contribution in [0.2, 0.25) is 0 Å². The van der Waals surface area contributed by atoms with Crippen LogP contribution in [-0.2, 0) is 11.3 Å². The van der Waals surface area contributed by atoms with Crippen molar-refractivity contribution in [2.24, 2.45) is 22.3 Å². The van der Waals surface area contributed by atoms with E-state index < -0.39 is 22.9 Å². The number of nitro groups is 1. The fraction of sp³-hybridized carbons (Fsp3) is 0.385. The van der Waals surface area contributed by atoms with Crippen LogP contribution in [0.25, 0.3) is 0 Å². The van der Waals surface area contributed by atoms with E-state index in [2.05, 4.69) is 37.0 Å². The summed E-state index contributed by atoms with van der Waals surface area (Å²) in [4.78, 5) is 23.8. The minimum absolute atomic E-state index is 0.0683. The van der Waals surface area contributed by atoms with E-state index in [1.54, 1.807) is 12.1 Å². The molecule has 1 rings (SSSR count). The van der Waals surface area contributed by atoms with Gasteiger partial charge in [-0.3, -0.25) is 4.79 Å². The molecule has 0 aliphatic rings. The lowest BCUT2D eigenvalue weighted by Gasteiger charge is -2.29. The van der Waals surface area contributed by atoms with Gasteiger partial charge in [-0.05, 0) is 68.9 Å². The molecule has 12 heteroatoms. The maximum Gasteiger partial charge on any atom is 0.269 e. The predicted molar refractivity (Wildman–Crippen MR) is 102 cm³/mol. The summed E-state index contributed by atoms with van der Waals surface area (Å²) in [6.45, 7) is 0.404. The fourth-order valence-electron chi connectivity index (χ4n) is 2.18. The number of halogens is 2. The van der Waals surface area contributed by atoms with Crippen LogP contribution >= 0.6 is 31.9 Å². The highest BCUT2D eigenvalue weighted by Crippen LogP contribution is 2.30. The number of primary amides is 1. The topological polar surface area (TPSA) is 180 Å². The molecule has 0 aliphatic carbocycles. The molecule has 0 heterocycles. The summed E-state index contributed by atoms with van der Waals surface area (Å²) in [6.07, 6.45) is 0.780. The Balaban J connectivity index is 3.26. The molecule has 0 saturated heterocycles. The van der Waals surface area contributed by atoms with Crippen LogP contribution in [-0.4, -0.2) is 34.4 Å². The standard InChI is InChI=1S/C13H19Br2N7O3/c14-8-4-7(5-9(15)11(8)17)6-21(13(19)20-22(24)25)10(12(18)23)2-1-3-16/h4-5,10H,1-3,6,16-17H2,(H2,18,23)(H2,19,20)/t10-/m1/s1. The smallest absolute Gasteiger partial charge is 0.269 e. The van der Waals surface area contributed by atoms with Gasteiger partial charge in [0.1, 0.15) is 11.1 Å². The summed E-state index contributed by atoms with van der Waals surface area (Å²) >= 11 is 6.64. The highest BCUT2D eigenvalue weighted by Gasteiger charge is 2.27. The number of hydrogen-bond acceptors (Lipinski definition) is 5. The molecule has 25 heavy (non-hydrogen) atoms. The summed E-state index contributed by atoms with van der Waals surface area (Å²) in [5.41, 5.74) is 23.7. The fourth-order valence-corrected chi connectivity index (χ4v) is 3.46. The molecule has 0 aromatic heterocycles. The van der Waals surface area contributed by atoms with Gasteiger partial charge in [-0.2, -0.15) is 0 Å². The number of amides is 1. The van der Waals surface area contributed by atoms with Crippen LogP contribution in [0.4, 0.5) is 5.69 Å². The molecule has 0 fully saturated rings. The molecule has 8 N–H and O–H groups in total. The molecule has 0 aliphatic heterocycles. The number of benzene rings is 1. The zero-order valence-electron chi connectivity index (χ0n) is 13.2. The number of nitrogen functional groups attached to an aromatic ring is 1. The largest absolute Gasteiger partial charge is 0.397 e. The molecule has 1 aromatic rings. The van der Waals surface area contributed by atoms with Gasteiger partial charge in [0.15, 0.2) is 5.03 Å².